The lowest BCUT2D eigenvalue weighted by Gasteiger charge is -2.14. The molecule has 1 N–H and O–H groups in total. The number of halogens is 2. The van der Waals surface area contributed by atoms with Crippen LogP contribution in [0.1, 0.15) is 37.0 Å². The van der Waals surface area contributed by atoms with E-state index in [2.05, 4.69) is 12.2 Å². The van der Waals surface area contributed by atoms with E-state index in [4.69, 9.17) is 9.47 Å². The third-order valence-electron chi connectivity index (χ3n) is 3.70. The Morgan fingerprint density at radius 1 is 1.11 bits per heavy atom. The van der Waals surface area contributed by atoms with E-state index in [-0.39, 0.29) is 11.3 Å². The summed E-state index contributed by atoms with van der Waals surface area (Å²) in [7, 11) is 0. The van der Waals surface area contributed by atoms with E-state index in [9.17, 15) is 18.4 Å². The molecule has 7 heteroatoms. The molecule has 0 fully saturated rings. The van der Waals surface area contributed by atoms with E-state index in [0.717, 1.165) is 31.0 Å². The van der Waals surface area contributed by atoms with Crippen molar-refractivity contribution in [1.29, 1.82) is 0 Å². The van der Waals surface area contributed by atoms with Crippen molar-refractivity contribution in [2.75, 3.05) is 11.9 Å². The molecule has 27 heavy (non-hydrogen) atoms. The summed E-state index contributed by atoms with van der Waals surface area (Å²) in [5.74, 6) is -2.34. The molecule has 1 atom stereocenters. The van der Waals surface area contributed by atoms with Gasteiger partial charge in [0, 0.05) is 6.07 Å². The summed E-state index contributed by atoms with van der Waals surface area (Å²) < 4.78 is 37.3. The Bertz CT molecular complexity index is 793. The van der Waals surface area contributed by atoms with Gasteiger partial charge in [-0.15, -0.1) is 0 Å². The molecule has 0 aromatic heterocycles. The van der Waals surface area contributed by atoms with Crippen LogP contribution in [0.15, 0.2) is 42.5 Å². The third kappa shape index (κ3) is 6.06. The highest BCUT2D eigenvalue weighted by Gasteiger charge is 2.20. The summed E-state index contributed by atoms with van der Waals surface area (Å²) in [6, 6.07) is 9.01. The van der Waals surface area contributed by atoms with E-state index >= 15 is 0 Å². The molecule has 2 rings (SSSR count). The fourth-order valence-corrected chi connectivity index (χ4v) is 2.13. The Balaban J connectivity index is 1.92. The van der Waals surface area contributed by atoms with Crippen LogP contribution < -0.4 is 10.1 Å². The van der Waals surface area contributed by atoms with Crippen molar-refractivity contribution in [3.05, 3.63) is 59.7 Å². The van der Waals surface area contributed by atoms with Crippen molar-refractivity contribution < 1.29 is 27.8 Å². The van der Waals surface area contributed by atoms with Crippen molar-refractivity contribution in [2.24, 2.45) is 0 Å². The van der Waals surface area contributed by atoms with Gasteiger partial charge in [0.15, 0.2) is 6.10 Å². The van der Waals surface area contributed by atoms with E-state index in [0.29, 0.717) is 12.4 Å². The van der Waals surface area contributed by atoms with Crippen LogP contribution >= 0.6 is 0 Å². The fraction of sp³-hybridized carbons (Fsp3) is 0.300. The minimum absolute atomic E-state index is 0.245. The van der Waals surface area contributed by atoms with Crippen LogP contribution in [-0.2, 0) is 9.53 Å². The molecule has 0 bridgehead atoms. The number of carbonyl (C=O) groups excluding carboxylic acids is 2. The highest BCUT2D eigenvalue weighted by molar-refractivity contribution is 5.97. The Labute approximate surface area is 156 Å². The lowest BCUT2D eigenvalue weighted by molar-refractivity contribution is -0.123. The van der Waals surface area contributed by atoms with Gasteiger partial charge in [-0.1, -0.05) is 13.3 Å². The monoisotopic (exact) mass is 377 g/mol. The number of nitrogens with one attached hydrogen (secondary N) is 1. The maximum absolute atomic E-state index is 13.6. The number of carbonyl (C=O) groups is 2. The molecular weight excluding hydrogens is 356 g/mol. The lowest BCUT2D eigenvalue weighted by atomic mass is 10.2. The summed E-state index contributed by atoms with van der Waals surface area (Å²) in [6.07, 6.45) is 0.757. The van der Waals surface area contributed by atoms with Gasteiger partial charge in [-0.25, -0.2) is 13.6 Å². The Hall–Kier alpha value is -2.96. The van der Waals surface area contributed by atoms with Crippen LogP contribution in [0.3, 0.4) is 0 Å². The van der Waals surface area contributed by atoms with Crippen LogP contribution in [0, 0.1) is 11.6 Å². The van der Waals surface area contributed by atoms with Gasteiger partial charge in [0.25, 0.3) is 5.91 Å². The van der Waals surface area contributed by atoms with Gasteiger partial charge in [-0.3, -0.25) is 4.79 Å². The second-order valence-corrected chi connectivity index (χ2v) is 5.89. The maximum atomic E-state index is 13.6. The standard InChI is InChI=1S/C20H21F2NO4/c1-3-4-11-26-16-8-5-14(6-9-16)20(25)27-13(2)19(24)23-18-12-15(21)7-10-17(18)22/h5-10,12-13H,3-4,11H2,1-2H3,(H,23,24). The van der Waals surface area contributed by atoms with Crippen molar-refractivity contribution in [3.8, 4) is 5.75 Å². The minimum Gasteiger partial charge on any atom is -0.494 e. The predicted molar refractivity (Wildman–Crippen MR) is 96.7 cm³/mol. The minimum atomic E-state index is -1.19. The molecule has 2 aromatic carbocycles. The van der Waals surface area contributed by atoms with Crippen LogP contribution in [0.25, 0.3) is 0 Å². The van der Waals surface area contributed by atoms with Crippen molar-refractivity contribution >= 4 is 17.6 Å². The average molecular weight is 377 g/mol. The molecule has 0 radical (unpaired) electrons. The molecule has 0 spiro atoms. The van der Waals surface area contributed by atoms with Crippen molar-refractivity contribution in [3.63, 3.8) is 0 Å². The number of rotatable bonds is 8. The molecule has 0 aliphatic carbocycles. The number of unbranched alkanes of at least 4 members (excludes halogenated alkanes) is 1. The summed E-state index contributed by atoms with van der Waals surface area (Å²) in [6.45, 7) is 3.99. The quantitative estimate of drug-likeness (QED) is 0.549. The van der Waals surface area contributed by atoms with Gasteiger partial charge in [0.2, 0.25) is 0 Å². The van der Waals surface area contributed by atoms with Crippen LogP contribution in [0.5, 0.6) is 5.75 Å². The molecular formula is C20H21F2NO4. The zero-order valence-corrected chi connectivity index (χ0v) is 15.1. The molecule has 2 aromatic rings. The normalized spacial score (nSPS) is 11.6. The summed E-state index contributed by atoms with van der Waals surface area (Å²) in [5, 5.41) is 2.19. The van der Waals surface area contributed by atoms with Gasteiger partial charge in [-0.05, 0) is 49.7 Å². The topological polar surface area (TPSA) is 64.6 Å². The van der Waals surface area contributed by atoms with E-state index < -0.39 is 29.6 Å². The van der Waals surface area contributed by atoms with Gasteiger partial charge < -0.3 is 14.8 Å². The van der Waals surface area contributed by atoms with Crippen LogP contribution in [0.4, 0.5) is 14.5 Å². The summed E-state index contributed by atoms with van der Waals surface area (Å²) in [4.78, 5) is 24.2. The molecule has 144 valence electrons. The number of benzene rings is 2. The second-order valence-electron chi connectivity index (χ2n) is 5.89. The lowest BCUT2D eigenvalue weighted by Crippen LogP contribution is -2.30. The number of hydrogen-bond acceptors (Lipinski definition) is 4. The molecule has 1 unspecified atom stereocenters. The zero-order chi connectivity index (χ0) is 19.8. The second kappa shape index (κ2) is 9.66. The Kier molecular flexibility index (Phi) is 7.28. The summed E-state index contributed by atoms with van der Waals surface area (Å²) in [5.41, 5.74) is -0.0779. The van der Waals surface area contributed by atoms with Gasteiger partial charge in [0.05, 0.1) is 17.9 Å². The first-order valence-corrected chi connectivity index (χ1v) is 8.60. The first-order valence-electron chi connectivity index (χ1n) is 8.60. The first-order chi connectivity index (χ1) is 12.9. The molecule has 0 aliphatic rings. The SMILES string of the molecule is CCCCOc1ccc(C(=O)OC(C)C(=O)Nc2cc(F)ccc2F)cc1. The highest BCUT2D eigenvalue weighted by Crippen LogP contribution is 2.17. The van der Waals surface area contributed by atoms with E-state index in [1.165, 1.54) is 19.1 Å². The maximum Gasteiger partial charge on any atom is 0.338 e. The van der Waals surface area contributed by atoms with Crippen molar-refractivity contribution in [2.45, 2.75) is 32.8 Å². The number of anilines is 1. The van der Waals surface area contributed by atoms with Crippen molar-refractivity contribution in [1.82, 2.24) is 0 Å². The molecule has 0 saturated carbocycles. The van der Waals surface area contributed by atoms with Crippen LogP contribution in [-0.4, -0.2) is 24.6 Å². The zero-order valence-electron chi connectivity index (χ0n) is 15.1. The number of amides is 1. The molecule has 1 amide bonds. The smallest absolute Gasteiger partial charge is 0.338 e. The van der Waals surface area contributed by atoms with Gasteiger partial charge in [-0.2, -0.15) is 0 Å². The predicted octanol–water partition coefficient (Wildman–Crippen LogP) is 4.33. The Morgan fingerprint density at radius 3 is 2.48 bits per heavy atom. The highest BCUT2D eigenvalue weighted by atomic mass is 19.1. The average Bonchev–Trinajstić information content (AvgIpc) is 2.65. The van der Waals surface area contributed by atoms with E-state index in [1.54, 1.807) is 12.1 Å². The molecule has 0 aliphatic heterocycles. The fourth-order valence-electron chi connectivity index (χ4n) is 2.13. The molecule has 5 nitrogen and oxygen atoms in total. The number of hydrogen-bond donors (Lipinski definition) is 1. The first kappa shape index (κ1) is 20.4. The summed E-state index contributed by atoms with van der Waals surface area (Å²) >= 11 is 0. The number of ether oxygens (including phenoxy) is 2. The van der Waals surface area contributed by atoms with Gasteiger partial charge >= 0.3 is 5.97 Å². The molecule has 0 saturated heterocycles. The van der Waals surface area contributed by atoms with E-state index in [1.807, 2.05) is 0 Å². The van der Waals surface area contributed by atoms with Crippen LogP contribution in [0.2, 0.25) is 0 Å². The third-order valence-corrected chi connectivity index (χ3v) is 3.70. The molecule has 0 heterocycles. The number of esters is 1. The largest absolute Gasteiger partial charge is 0.494 e. The Morgan fingerprint density at radius 2 is 1.81 bits per heavy atom. The van der Waals surface area contributed by atoms with Gasteiger partial charge in [0.1, 0.15) is 17.4 Å².